The van der Waals surface area contributed by atoms with Crippen LogP contribution < -0.4 is 5.32 Å². The summed E-state index contributed by atoms with van der Waals surface area (Å²) < 4.78 is 28.1. The van der Waals surface area contributed by atoms with E-state index < -0.39 is 23.9 Å². The van der Waals surface area contributed by atoms with Gasteiger partial charge in [-0.1, -0.05) is 36.4 Å². The molecule has 168 valence electrons. The molecule has 1 heterocycles. The number of aromatic nitrogens is 2. The number of halogens is 2. The number of carbonyl (C=O) groups is 1. The van der Waals surface area contributed by atoms with Gasteiger partial charge in [-0.2, -0.15) is 5.10 Å². The van der Waals surface area contributed by atoms with E-state index in [-0.39, 0.29) is 16.9 Å². The minimum atomic E-state index is -0.816. The average Bonchev–Trinajstić information content (AvgIpc) is 3.29. The molecule has 0 aliphatic rings. The Morgan fingerprint density at radius 1 is 1.03 bits per heavy atom. The molecule has 0 bridgehead atoms. The van der Waals surface area contributed by atoms with Crippen molar-refractivity contribution in [2.75, 3.05) is 0 Å². The number of benzene rings is 3. The molecule has 0 unspecified atom stereocenters. The molecule has 3 aromatic carbocycles. The number of hydrogen-bond donors (Lipinski definition) is 3. The maximum atomic E-state index is 14.9. The van der Waals surface area contributed by atoms with Crippen molar-refractivity contribution in [2.45, 2.75) is 25.5 Å². The van der Waals surface area contributed by atoms with Crippen LogP contribution in [0.25, 0.3) is 22.5 Å². The fourth-order valence-electron chi connectivity index (χ4n) is 3.66. The Morgan fingerprint density at radius 3 is 2.45 bits per heavy atom. The van der Waals surface area contributed by atoms with Gasteiger partial charge in [-0.15, -0.1) is 0 Å². The zero-order valence-electron chi connectivity index (χ0n) is 17.9. The number of H-pyrrole nitrogens is 1. The first-order valence-corrected chi connectivity index (χ1v) is 10.6. The molecule has 7 heteroatoms. The smallest absolute Gasteiger partial charge is 0.252 e. The number of amides is 1. The zero-order chi connectivity index (χ0) is 23.4. The second kappa shape index (κ2) is 9.75. The fraction of sp³-hybridized carbons (Fsp3) is 0.154. The number of nitrogens with one attached hydrogen (secondary N) is 2. The molecule has 0 spiro atoms. The molecule has 0 radical (unpaired) electrons. The van der Waals surface area contributed by atoms with E-state index in [2.05, 4.69) is 15.5 Å². The van der Waals surface area contributed by atoms with E-state index in [0.717, 1.165) is 5.56 Å². The average molecular weight is 447 g/mol. The zero-order valence-corrected chi connectivity index (χ0v) is 17.9. The number of aliphatic hydroxyl groups excluding tert-OH is 1. The fourth-order valence-corrected chi connectivity index (χ4v) is 3.66. The SMILES string of the molecule is C[C@@H](O)[C@@H](Cc1ccccc1)NC(=O)c1cccc(F)c1-c1cc(-c2ccc(F)cc2)n[nH]1. The third-order valence-electron chi connectivity index (χ3n) is 5.44. The van der Waals surface area contributed by atoms with Crippen molar-refractivity contribution in [3.63, 3.8) is 0 Å². The Balaban J connectivity index is 1.62. The summed E-state index contributed by atoms with van der Waals surface area (Å²) in [7, 11) is 0. The second-order valence-corrected chi connectivity index (χ2v) is 7.85. The number of aliphatic hydroxyl groups is 1. The number of hydrogen-bond acceptors (Lipinski definition) is 3. The number of aromatic amines is 1. The van der Waals surface area contributed by atoms with Gasteiger partial charge in [-0.05, 0) is 61.4 Å². The number of rotatable bonds is 7. The van der Waals surface area contributed by atoms with Crippen LogP contribution in [0.2, 0.25) is 0 Å². The molecule has 0 saturated carbocycles. The molecule has 0 aliphatic carbocycles. The highest BCUT2D eigenvalue weighted by Gasteiger charge is 2.23. The van der Waals surface area contributed by atoms with Crippen molar-refractivity contribution in [1.82, 2.24) is 15.5 Å². The van der Waals surface area contributed by atoms with Crippen LogP contribution in [0, 0.1) is 11.6 Å². The molecule has 2 atom stereocenters. The maximum absolute atomic E-state index is 14.9. The Morgan fingerprint density at radius 2 is 1.76 bits per heavy atom. The van der Waals surface area contributed by atoms with E-state index in [1.807, 2.05) is 30.3 Å². The van der Waals surface area contributed by atoms with E-state index in [1.165, 1.54) is 30.3 Å². The minimum absolute atomic E-state index is 0.0694. The summed E-state index contributed by atoms with van der Waals surface area (Å²) in [4.78, 5) is 13.1. The van der Waals surface area contributed by atoms with Crippen molar-refractivity contribution < 1.29 is 18.7 Å². The van der Waals surface area contributed by atoms with Crippen LogP contribution in [0.1, 0.15) is 22.8 Å². The van der Waals surface area contributed by atoms with E-state index in [4.69, 9.17) is 0 Å². The van der Waals surface area contributed by atoms with Crippen molar-refractivity contribution in [3.05, 3.63) is 102 Å². The molecule has 5 nitrogen and oxygen atoms in total. The van der Waals surface area contributed by atoms with Crippen molar-refractivity contribution in [3.8, 4) is 22.5 Å². The molecule has 1 amide bonds. The minimum Gasteiger partial charge on any atom is -0.391 e. The lowest BCUT2D eigenvalue weighted by molar-refractivity contribution is 0.0859. The largest absolute Gasteiger partial charge is 0.391 e. The van der Waals surface area contributed by atoms with Gasteiger partial charge in [-0.25, -0.2) is 8.78 Å². The highest BCUT2D eigenvalue weighted by Crippen LogP contribution is 2.29. The summed E-state index contributed by atoms with van der Waals surface area (Å²) >= 11 is 0. The number of carbonyl (C=O) groups excluding carboxylic acids is 1. The predicted molar refractivity (Wildman–Crippen MR) is 122 cm³/mol. The highest BCUT2D eigenvalue weighted by atomic mass is 19.1. The van der Waals surface area contributed by atoms with Gasteiger partial charge in [0, 0.05) is 11.1 Å². The Labute approximate surface area is 190 Å². The second-order valence-electron chi connectivity index (χ2n) is 7.85. The first kappa shape index (κ1) is 22.4. The Hall–Kier alpha value is -3.84. The summed E-state index contributed by atoms with van der Waals surface area (Å²) in [6.07, 6.45) is -0.392. The summed E-state index contributed by atoms with van der Waals surface area (Å²) in [6.45, 7) is 1.60. The monoisotopic (exact) mass is 447 g/mol. The first-order chi connectivity index (χ1) is 15.9. The van der Waals surface area contributed by atoms with Gasteiger partial charge in [0.05, 0.1) is 29.1 Å². The van der Waals surface area contributed by atoms with Crippen LogP contribution in [0.4, 0.5) is 8.78 Å². The summed E-state index contributed by atoms with van der Waals surface area (Å²) in [5, 5.41) is 20.0. The summed E-state index contributed by atoms with van der Waals surface area (Å²) in [6, 6.07) is 20.6. The van der Waals surface area contributed by atoms with E-state index in [0.29, 0.717) is 23.4 Å². The van der Waals surface area contributed by atoms with Crippen LogP contribution in [-0.2, 0) is 6.42 Å². The van der Waals surface area contributed by atoms with E-state index in [1.54, 1.807) is 25.1 Å². The summed E-state index contributed by atoms with van der Waals surface area (Å²) in [5.74, 6) is -1.47. The lowest BCUT2D eigenvalue weighted by Gasteiger charge is -2.22. The molecule has 1 aromatic heterocycles. The van der Waals surface area contributed by atoms with Gasteiger partial charge >= 0.3 is 0 Å². The van der Waals surface area contributed by atoms with Gasteiger partial charge < -0.3 is 10.4 Å². The van der Waals surface area contributed by atoms with Crippen LogP contribution in [0.3, 0.4) is 0 Å². The van der Waals surface area contributed by atoms with Crippen LogP contribution in [0.5, 0.6) is 0 Å². The molecular formula is C26H23F2N3O2. The van der Waals surface area contributed by atoms with E-state index >= 15 is 0 Å². The molecule has 3 N–H and O–H groups in total. The number of nitrogens with zero attached hydrogens (tertiary/aromatic N) is 1. The Bertz CT molecular complexity index is 1240. The van der Waals surface area contributed by atoms with Crippen LogP contribution in [-0.4, -0.2) is 33.4 Å². The summed E-state index contributed by atoms with van der Waals surface area (Å²) in [5.41, 5.74) is 2.60. The molecule has 0 aliphatic heterocycles. The maximum Gasteiger partial charge on any atom is 0.252 e. The van der Waals surface area contributed by atoms with Gasteiger partial charge in [0.25, 0.3) is 5.91 Å². The van der Waals surface area contributed by atoms with Gasteiger partial charge in [-0.3, -0.25) is 9.89 Å². The van der Waals surface area contributed by atoms with Gasteiger partial charge in [0.15, 0.2) is 0 Å². The lowest BCUT2D eigenvalue weighted by atomic mass is 9.99. The predicted octanol–water partition coefficient (Wildman–Crippen LogP) is 4.74. The van der Waals surface area contributed by atoms with Crippen LogP contribution in [0.15, 0.2) is 78.9 Å². The third-order valence-corrected chi connectivity index (χ3v) is 5.44. The quantitative estimate of drug-likeness (QED) is 0.383. The van der Waals surface area contributed by atoms with E-state index in [9.17, 15) is 18.7 Å². The lowest BCUT2D eigenvalue weighted by Crippen LogP contribution is -2.43. The van der Waals surface area contributed by atoms with Gasteiger partial charge in [0.2, 0.25) is 0 Å². The molecule has 0 fully saturated rings. The molecule has 0 saturated heterocycles. The van der Waals surface area contributed by atoms with Crippen LogP contribution >= 0.6 is 0 Å². The highest BCUT2D eigenvalue weighted by molar-refractivity contribution is 6.01. The topological polar surface area (TPSA) is 78.0 Å². The van der Waals surface area contributed by atoms with Crippen molar-refractivity contribution in [2.24, 2.45) is 0 Å². The molecule has 4 rings (SSSR count). The molecular weight excluding hydrogens is 424 g/mol. The third kappa shape index (κ3) is 5.15. The molecule has 33 heavy (non-hydrogen) atoms. The van der Waals surface area contributed by atoms with Gasteiger partial charge in [0.1, 0.15) is 11.6 Å². The Kier molecular flexibility index (Phi) is 6.60. The standard InChI is InChI=1S/C26H23F2N3O2/c1-16(32)22(14-17-6-3-2-4-7-17)29-26(33)20-8-5-9-21(28)25(20)24-15-23(30-31-24)18-10-12-19(27)13-11-18/h2-13,15-16,22,32H,14H2,1H3,(H,29,33)(H,30,31)/t16-,22-/m1/s1. The first-order valence-electron chi connectivity index (χ1n) is 10.6. The molecule has 4 aromatic rings. The van der Waals surface area contributed by atoms with Crippen molar-refractivity contribution >= 4 is 5.91 Å². The van der Waals surface area contributed by atoms with Crippen molar-refractivity contribution in [1.29, 1.82) is 0 Å². The normalized spacial score (nSPS) is 12.8.